The molecule has 0 saturated carbocycles. The Morgan fingerprint density at radius 2 is 1.73 bits per heavy atom. The van der Waals surface area contributed by atoms with Gasteiger partial charge in [0.25, 0.3) is 5.91 Å². The number of ether oxygens (including phenoxy) is 1. The largest absolute Gasteiger partial charge is 0.488 e. The van der Waals surface area contributed by atoms with Crippen molar-refractivity contribution in [3.63, 3.8) is 0 Å². The molecule has 4 rings (SSSR count). The summed E-state index contributed by atoms with van der Waals surface area (Å²) in [6.07, 6.45) is 1.91. The number of halogens is 1. The minimum Gasteiger partial charge on any atom is -0.488 e. The molecule has 0 saturated heterocycles. The molecule has 30 heavy (non-hydrogen) atoms. The van der Waals surface area contributed by atoms with Gasteiger partial charge in [0.1, 0.15) is 12.4 Å². The number of hydrogen-bond acceptors (Lipinski definition) is 3. The molecule has 6 heteroatoms. The number of nitrogens with zero attached hydrogens (tertiary/aromatic N) is 2. The van der Waals surface area contributed by atoms with E-state index in [0.29, 0.717) is 12.2 Å². The molecule has 0 fully saturated rings. The van der Waals surface area contributed by atoms with Gasteiger partial charge < -0.3 is 10.1 Å². The number of para-hydroxylation sites is 1. The molecular weight excluding hydrogens is 442 g/mol. The molecule has 5 nitrogen and oxygen atoms in total. The smallest absolute Gasteiger partial charge is 0.255 e. The summed E-state index contributed by atoms with van der Waals surface area (Å²) in [5, 5.41) is 7.30. The first-order chi connectivity index (χ1) is 14.6. The van der Waals surface area contributed by atoms with E-state index in [0.717, 1.165) is 32.9 Å². The van der Waals surface area contributed by atoms with Crippen LogP contribution in [0.1, 0.15) is 21.6 Å². The highest BCUT2D eigenvalue weighted by Crippen LogP contribution is 2.24. The third-order valence-corrected chi connectivity index (χ3v) is 5.21. The molecule has 0 spiro atoms. The van der Waals surface area contributed by atoms with E-state index in [2.05, 4.69) is 26.3 Å². The predicted molar refractivity (Wildman–Crippen MR) is 121 cm³/mol. The van der Waals surface area contributed by atoms with Gasteiger partial charge in [-0.2, -0.15) is 5.10 Å². The highest BCUT2D eigenvalue weighted by atomic mass is 79.9. The Labute approximate surface area is 183 Å². The van der Waals surface area contributed by atoms with Crippen LogP contribution in [0.15, 0.2) is 89.5 Å². The molecule has 0 aliphatic carbocycles. The van der Waals surface area contributed by atoms with E-state index in [1.165, 1.54) is 0 Å². The second kappa shape index (κ2) is 8.97. The number of amides is 1. The molecule has 1 N–H and O–H groups in total. The highest BCUT2D eigenvalue weighted by molar-refractivity contribution is 9.10. The normalized spacial score (nSPS) is 10.6. The Bertz CT molecular complexity index is 1150. The average molecular weight is 462 g/mol. The molecule has 150 valence electrons. The number of carbonyl (C=O) groups is 1. The summed E-state index contributed by atoms with van der Waals surface area (Å²) < 4.78 is 8.53. The van der Waals surface area contributed by atoms with Gasteiger partial charge in [-0.1, -0.05) is 24.3 Å². The minimum absolute atomic E-state index is 0.157. The summed E-state index contributed by atoms with van der Waals surface area (Å²) in [6, 6.07) is 24.6. The van der Waals surface area contributed by atoms with Gasteiger partial charge in [-0.05, 0) is 83.0 Å². The van der Waals surface area contributed by atoms with E-state index in [9.17, 15) is 4.79 Å². The van der Waals surface area contributed by atoms with Crippen molar-refractivity contribution in [2.75, 3.05) is 5.32 Å². The number of anilines is 1. The standard InChI is InChI=1S/C24H20BrN3O2/c1-17-14-15-28(27-17)21-12-10-20(11-13-21)26-24(29)19-8-6-18(7-9-19)16-30-23-5-3-2-4-22(23)25/h2-15H,16H2,1H3,(H,26,29). The molecule has 1 heterocycles. The van der Waals surface area contributed by atoms with Gasteiger partial charge >= 0.3 is 0 Å². The van der Waals surface area contributed by atoms with Crippen molar-refractivity contribution in [1.82, 2.24) is 9.78 Å². The molecule has 0 aliphatic heterocycles. The quantitative estimate of drug-likeness (QED) is 0.396. The van der Waals surface area contributed by atoms with Crippen LogP contribution in [-0.2, 0) is 6.61 Å². The van der Waals surface area contributed by atoms with Crippen molar-refractivity contribution in [2.45, 2.75) is 13.5 Å². The Hall–Kier alpha value is -3.38. The molecule has 0 bridgehead atoms. The first kappa shape index (κ1) is 19.9. The number of hydrogen-bond donors (Lipinski definition) is 1. The highest BCUT2D eigenvalue weighted by Gasteiger charge is 2.07. The zero-order chi connectivity index (χ0) is 20.9. The van der Waals surface area contributed by atoms with Gasteiger partial charge in [0.15, 0.2) is 0 Å². The Balaban J connectivity index is 1.36. The van der Waals surface area contributed by atoms with Crippen LogP contribution in [0.5, 0.6) is 5.75 Å². The first-order valence-electron chi connectivity index (χ1n) is 9.49. The lowest BCUT2D eigenvalue weighted by Gasteiger charge is -2.09. The van der Waals surface area contributed by atoms with Crippen molar-refractivity contribution in [1.29, 1.82) is 0 Å². The number of benzene rings is 3. The first-order valence-corrected chi connectivity index (χ1v) is 10.3. The molecule has 1 amide bonds. The Morgan fingerprint density at radius 1 is 1.00 bits per heavy atom. The summed E-state index contributed by atoms with van der Waals surface area (Å²) in [5.74, 6) is 0.629. The zero-order valence-corrected chi connectivity index (χ0v) is 18.0. The molecule has 0 aliphatic rings. The van der Waals surface area contributed by atoms with Gasteiger partial charge in [-0.3, -0.25) is 4.79 Å². The molecule has 0 unspecified atom stereocenters. The lowest BCUT2D eigenvalue weighted by Crippen LogP contribution is -2.12. The molecular formula is C24H20BrN3O2. The van der Waals surface area contributed by atoms with Crippen molar-refractivity contribution < 1.29 is 9.53 Å². The second-order valence-electron chi connectivity index (χ2n) is 6.82. The molecule has 0 radical (unpaired) electrons. The van der Waals surface area contributed by atoms with Crippen LogP contribution in [0.2, 0.25) is 0 Å². The summed E-state index contributed by atoms with van der Waals surface area (Å²) in [7, 11) is 0. The van der Waals surface area contributed by atoms with Crippen molar-refractivity contribution in [3.8, 4) is 11.4 Å². The predicted octanol–water partition coefficient (Wildman–Crippen LogP) is 5.77. The lowest BCUT2D eigenvalue weighted by atomic mass is 10.1. The minimum atomic E-state index is -0.157. The average Bonchev–Trinajstić information content (AvgIpc) is 3.20. The number of aromatic nitrogens is 2. The van der Waals surface area contributed by atoms with Crippen LogP contribution >= 0.6 is 15.9 Å². The fourth-order valence-corrected chi connectivity index (χ4v) is 3.33. The second-order valence-corrected chi connectivity index (χ2v) is 7.67. The number of carbonyl (C=O) groups excluding carboxylic acids is 1. The van der Waals surface area contributed by atoms with Gasteiger partial charge in [0.05, 0.1) is 15.9 Å². The van der Waals surface area contributed by atoms with Crippen LogP contribution in [0.4, 0.5) is 5.69 Å². The van der Waals surface area contributed by atoms with Crippen LogP contribution in [0.25, 0.3) is 5.69 Å². The van der Waals surface area contributed by atoms with Gasteiger partial charge in [0, 0.05) is 17.4 Å². The van der Waals surface area contributed by atoms with Crippen LogP contribution in [0, 0.1) is 6.92 Å². The molecule has 0 atom stereocenters. The van der Waals surface area contributed by atoms with Crippen LogP contribution in [-0.4, -0.2) is 15.7 Å². The monoisotopic (exact) mass is 461 g/mol. The third-order valence-electron chi connectivity index (χ3n) is 4.56. The van der Waals surface area contributed by atoms with Crippen molar-refractivity contribution >= 4 is 27.5 Å². The van der Waals surface area contributed by atoms with E-state index in [1.54, 1.807) is 16.8 Å². The van der Waals surface area contributed by atoms with E-state index >= 15 is 0 Å². The molecule has 4 aromatic rings. The van der Waals surface area contributed by atoms with Gasteiger partial charge in [0.2, 0.25) is 0 Å². The van der Waals surface area contributed by atoms with E-state index in [4.69, 9.17) is 4.74 Å². The Kier molecular flexibility index (Phi) is 5.95. The summed E-state index contributed by atoms with van der Waals surface area (Å²) in [4.78, 5) is 12.5. The van der Waals surface area contributed by atoms with Gasteiger partial charge in [-0.15, -0.1) is 0 Å². The third kappa shape index (κ3) is 4.78. The van der Waals surface area contributed by atoms with Crippen molar-refractivity contribution in [2.24, 2.45) is 0 Å². The maximum Gasteiger partial charge on any atom is 0.255 e. The van der Waals surface area contributed by atoms with Crippen molar-refractivity contribution in [3.05, 3.63) is 106 Å². The topological polar surface area (TPSA) is 56.2 Å². The fraction of sp³-hybridized carbons (Fsp3) is 0.0833. The SMILES string of the molecule is Cc1ccn(-c2ccc(NC(=O)c3ccc(COc4ccccc4Br)cc3)cc2)n1. The summed E-state index contributed by atoms with van der Waals surface area (Å²) >= 11 is 3.47. The van der Waals surface area contributed by atoms with Crippen LogP contribution < -0.4 is 10.1 Å². The van der Waals surface area contributed by atoms with E-state index < -0.39 is 0 Å². The van der Waals surface area contributed by atoms with E-state index in [-0.39, 0.29) is 5.91 Å². The maximum absolute atomic E-state index is 12.5. The fourth-order valence-electron chi connectivity index (χ4n) is 2.93. The zero-order valence-electron chi connectivity index (χ0n) is 16.4. The number of rotatable bonds is 6. The summed E-state index contributed by atoms with van der Waals surface area (Å²) in [5.41, 5.74) is 4.20. The number of aryl methyl sites for hydroxylation is 1. The maximum atomic E-state index is 12.5. The Morgan fingerprint density at radius 3 is 2.40 bits per heavy atom. The summed E-state index contributed by atoms with van der Waals surface area (Å²) in [6.45, 7) is 2.38. The molecule has 1 aromatic heterocycles. The van der Waals surface area contributed by atoms with Crippen LogP contribution in [0.3, 0.4) is 0 Å². The van der Waals surface area contributed by atoms with E-state index in [1.807, 2.05) is 79.9 Å². The van der Waals surface area contributed by atoms with Gasteiger partial charge in [-0.25, -0.2) is 4.68 Å². The molecule has 3 aromatic carbocycles. The number of nitrogens with one attached hydrogen (secondary N) is 1. The lowest BCUT2D eigenvalue weighted by molar-refractivity contribution is 0.102.